The van der Waals surface area contributed by atoms with Crippen molar-refractivity contribution >= 4 is 23.3 Å². The van der Waals surface area contributed by atoms with Gasteiger partial charge in [-0.2, -0.15) is 13.2 Å². The fraction of sp³-hybridized carbons (Fsp3) is 0.533. The Morgan fingerprint density at radius 1 is 1.22 bits per heavy atom. The highest BCUT2D eigenvalue weighted by Gasteiger charge is 2.34. The normalized spacial score (nSPS) is 16.0. The molecule has 1 saturated heterocycles. The number of anilines is 1. The van der Waals surface area contributed by atoms with E-state index in [1.165, 1.54) is 6.07 Å². The quantitative estimate of drug-likeness (QED) is 0.885. The lowest BCUT2D eigenvalue weighted by atomic mass is 10.1. The van der Waals surface area contributed by atoms with Gasteiger partial charge in [-0.3, -0.25) is 0 Å². The van der Waals surface area contributed by atoms with Crippen LogP contribution in [0.1, 0.15) is 19.4 Å². The number of hydrogen-bond acceptors (Lipinski definition) is 2. The molecule has 0 radical (unpaired) electrons. The molecule has 2 amide bonds. The minimum absolute atomic E-state index is 0.0474. The number of amides is 2. The standard InChI is InChI=1S/C15H19ClF3N3O/c1-10(2)20-14(23)22-7-5-21(6-8-22)11-3-4-13(16)12(9-11)15(17,18)19/h3-4,9-10H,5-8H2,1-2H3,(H,20,23). The SMILES string of the molecule is CC(C)NC(=O)N1CCN(c2ccc(Cl)c(C(F)(F)F)c2)CC1. The van der Waals surface area contributed by atoms with Gasteiger partial charge in [-0.15, -0.1) is 0 Å². The lowest BCUT2D eigenvalue weighted by Gasteiger charge is -2.36. The average Bonchev–Trinajstić information content (AvgIpc) is 2.46. The third-order valence-corrected chi connectivity index (χ3v) is 3.93. The lowest BCUT2D eigenvalue weighted by molar-refractivity contribution is -0.137. The zero-order chi connectivity index (χ0) is 17.2. The van der Waals surface area contributed by atoms with Crippen molar-refractivity contribution in [1.82, 2.24) is 10.2 Å². The van der Waals surface area contributed by atoms with Gasteiger partial charge in [-0.05, 0) is 32.0 Å². The molecule has 1 aromatic rings. The van der Waals surface area contributed by atoms with Crippen molar-refractivity contribution in [2.45, 2.75) is 26.1 Å². The van der Waals surface area contributed by atoms with Gasteiger partial charge in [-0.25, -0.2) is 4.79 Å². The van der Waals surface area contributed by atoms with Crippen LogP contribution in [0.25, 0.3) is 0 Å². The van der Waals surface area contributed by atoms with Crippen LogP contribution in [0.5, 0.6) is 0 Å². The summed E-state index contributed by atoms with van der Waals surface area (Å²) in [4.78, 5) is 15.4. The minimum Gasteiger partial charge on any atom is -0.368 e. The number of carbonyl (C=O) groups excluding carboxylic acids is 1. The minimum atomic E-state index is -4.48. The van der Waals surface area contributed by atoms with Crippen LogP contribution in [0.4, 0.5) is 23.7 Å². The Balaban J connectivity index is 2.05. The summed E-state index contributed by atoms with van der Waals surface area (Å²) in [5.41, 5.74) is -0.373. The molecule has 0 aromatic heterocycles. The zero-order valence-electron chi connectivity index (χ0n) is 13.0. The van der Waals surface area contributed by atoms with E-state index in [2.05, 4.69) is 5.32 Å². The molecule has 1 aliphatic rings. The van der Waals surface area contributed by atoms with Crippen LogP contribution in [-0.2, 0) is 6.18 Å². The second-order valence-corrected chi connectivity index (χ2v) is 6.15. The van der Waals surface area contributed by atoms with Crippen LogP contribution in [-0.4, -0.2) is 43.2 Å². The van der Waals surface area contributed by atoms with Crippen LogP contribution >= 0.6 is 11.6 Å². The molecule has 1 aliphatic heterocycles. The number of piperazine rings is 1. The summed E-state index contributed by atoms with van der Waals surface area (Å²) in [5, 5.41) is 2.50. The maximum Gasteiger partial charge on any atom is 0.417 e. The predicted octanol–water partition coefficient (Wildman–Crippen LogP) is 3.60. The average molecular weight is 350 g/mol. The first kappa shape index (κ1) is 17.7. The molecule has 1 fully saturated rings. The van der Waals surface area contributed by atoms with E-state index in [-0.39, 0.29) is 17.1 Å². The molecule has 0 saturated carbocycles. The molecule has 23 heavy (non-hydrogen) atoms. The number of rotatable bonds is 2. The second-order valence-electron chi connectivity index (χ2n) is 5.74. The molecule has 1 aromatic carbocycles. The van der Waals surface area contributed by atoms with Gasteiger partial charge in [0.2, 0.25) is 0 Å². The Kier molecular flexibility index (Phi) is 5.29. The number of carbonyl (C=O) groups is 1. The number of halogens is 4. The third-order valence-electron chi connectivity index (χ3n) is 3.60. The molecule has 0 aliphatic carbocycles. The Morgan fingerprint density at radius 2 is 1.83 bits per heavy atom. The van der Waals surface area contributed by atoms with Gasteiger partial charge >= 0.3 is 12.2 Å². The highest BCUT2D eigenvalue weighted by Crippen LogP contribution is 2.37. The molecule has 0 spiro atoms. The second kappa shape index (κ2) is 6.86. The van der Waals surface area contributed by atoms with E-state index in [1.807, 2.05) is 18.7 Å². The predicted molar refractivity (Wildman–Crippen MR) is 83.9 cm³/mol. The molecule has 0 unspecified atom stereocenters. The van der Waals surface area contributed by atoms with Crippen molar-refractivity contribution in [3.8, 4) is 0 Å². The molecular weight excluding hydrogens is 331 g/mol. The fourth-order valence-electron chi connectivity index (χ4n) is 2.43. The first-order chi connectivity index (χ1) is 10.7. The van der Waals surface area contributed by atoms with Crippen LogP contribution in [0.2, 0.25) is 5.02 Å². The molecular formula is C15H19ClF3N3O. The van der Waals surface area contributed by atoms with Crippen molar-refractivity contribution in [3.05, 3.63) is 28.8 Å². The van der Waals surface area contributed by atoms with Crippen LogP contribution < -0.4 is 10.2 Å². The molecule has 0 atom stereocenters. The monoisotopic (exact) mass is 349 g/mol. The molecule has 128 valence electrons. The first-order valence-electron chi connectivity index (χ1n) is 7.35. The van der Waals surface area contributed by atoms with Gasteiger partial charge < -0.3 is 15.1 Å². The maximum atomic E-state index is 12.9. The smallest absolute Gasteiger partial charge is 0.368 e. The van der Waals surface area contributed by atoms with Crippen LogP contribution in [0.3, 0.4) is 0 Å². The van der Waals surface area contributed by atoms with E-state index in [9.17, 15) is 18.0 Å². The van der Waals surface area contributed by atoms with E-state index >= 15 is 0 Å². The van der Waals surface area contributed by atoms with Crippen LogP contribution in [0.15, 0.2) is 18.2 Å². The molecule has 8 heteroatoms. The van der Waals surface area contributed by atoms with Crippen molar-refractivity contribution in [3.63, 3.8) is 0 Å². The van der Waals surface area contributed by atoms with Crippen molar-refractivity contribution < 1.29 is 18.0 Å². The van der Waals surface area contributed by atoms with Gasteiger partial charge in [0.1, 0.15) is 0 Å². The Hall–Kier alpha value is -1.63. The number of nitrogens with zero attached hydrogens (tertiary/aromatic N) is 2. The molecule has 1 heterocycles. The molecule has 4 nitrogen and oxygen atoms in total. The summed E-state index contributed by atoms with van der Waals surface area (Å²) in [6.07, 6.45) is -4.48. The van der Waals surface area contributed by atoms with Crippen LogP contribution in [0, 0.1) is 0 Å². The molecule has 0 bridgehead atoms. The summed E-state index contributed by atoms with van der Waals surface area (Å²) in [6.45, 7) is 5.63. The van der Waals surface area contributed by atoms with Gasteiger partial charge in [-0.1, -0.05) is 11.6 Å². The topological polar surface area (TPSA) is 35.6 Å². The lowest BCUT2D eigenvalue weighted by Crippen LogP contribution is -2.52. The summed E-state index contributed by atoms with van der Waals surface area (Å²) >= 11 is 5.63. The van der Waals surface area contributed by atoms with Crippen molar-refractivity contribution in [1.29, 1.82) is 0 Å². The number of nitrogens with one attached hydrogen (secondary N) is 1. The Labute approximate surface area is 138 Å². The van der Waals surface area contributed by atoms with E-state index < -0.39 is 11.7 Å². The van der Waals surface area contributed by atoms with Crippen molar-refractivity contribution in [2.75, 3.05) is 31.1 Å². The highest BCUT2D eigenvalue weighted by molar-refractivity contribution is 6.31. The van der Waals surface area contributed by atoms with E-state index in [0.717, 1.165) is 6.07 Å². The van der Waals surface area contributed by atoms with Gasteiger partial charge in [0, 0.05) is 37.9 Å². The number of benzene rings is 1. The highest BCUT2D eigenvalue weighted by atomic mass is 35.5. The Morgan fingerprint density at radius 3 is 2.35 bits per heavy atom. The number of alkyl halides is 3. The number of urea groups is 1. The van der Waals surface area contributed by atoms with E-state index in [4.69, 9.17) is 11.6 Å². The van der Waals surface area contributed by atoms with Gasteiger partial charge in [0.05, 0.1) is 10.6 Å². The summed E-state index contributed by atoms with van der Waals surface area (Å²) in [6, 6.07) is 3.79. The van der Waals surface area contributed by atoms with E-state index in [0.29, 0.717) is 31.9 Å². The Bertz CT molecular complexity index is 570. The van der Waals surface area contributed by atoms with Crippen molar-refractivity contribution in [2.24, 2.45) is 0 Å². The third kappa shape index (κ3) is 4.43. The maximum absolute atomic E-state index is 12.9. The summed E-state index contributed by atoms with van der Waals surface area (Å²) in [7, 11) is 0. The zero-order valence-corrected chi connectivity index (χ0v) is 13.7. The van der Waals surface area contributed by atoms with E-state index in [1.54, 1.807) is 11.0 Å². The summed E-state index contributed by atoms with van der Waals surface area (Å²) in [5.74, 6) is 0. The summed E-state index contributed by atoms with van der Waals surface area (Å²) < 4.78 is 38.8. The first-order valence-corrected chi connectivity index (χ1v) is 7.73. The number of hydrogen-bond donors (Lipinski definition) is 1. The fourth-order valence-corrected chi connectivity index (χ4v) is 2.66. The van der Waals surface area contributed by atoms with Gasteiger partial charge in [0.25, 0.3) is 0 Å². The van der Waals surface area contributed by atoms with Gasteiger partial charge in [0.15, 0.2) is 0 Å². The molecule has 1 N–H and O–H groups in total. The molecule has 2 rings (SSSR count). The largest absolute Gasteiger partial charge is 0.417 e.